The minimum Gasteiger partial charge on any atom is -0.323 e. The molecule has 1 aromatic heterocycles. The molecule has 4 aromatic rings. The van der Waals surface area contributed by atoms with Gasteiger partial charge in [0, 0.05) is 31.1 Å². The maximum absolute atomic E-state index is 13.3. The lowest BCUT2D eigenvalue weighted by molar-refractivity contribution is -0.117. The van der Waals surface area contributed by atoms with Crippen molar-refractivity contribution in [2.75, 3.05) is 11.4 Å². The quantitative estimate of drug-likeness (QED) is 0.481. The molecular formula is C25H22FN3O. The molecule has 0 aliphatic carbocycles. The van der Waals surface area contributed by atoms with Gasteiger partial charge in [0.25, 0.3) is 0 Å². The van der Waals surface area contributed by atoms with E-state index in [1.54, 1.807) is 17.0 Å². The van der Waals surface area contributed by atoms with Crippen molar-refractivity contribution >= 4 is 22.6 Å². The van der Waals surface area contributed by atoms with Crippen molar-refractivity contribution in [1.82, 2.24) is 9.55 Å². The number of aryl methyl sites for hydroxylation is 1. The predicted molar refractivity (Wildman–Crippen MR) is 116 cm³/mol. The molecule has 1 aliphatic rings. The maximum Gasteiger partial charge on any atom is 0.227 e. The molecule has 0 unspecified atom stereocenters. The number of aromatic nitrogens is 2. The van der Waals surface area contributed by atoms with Crippen LogP contribution in [0.1, 0.15) is 29.3 Å². The van der Waals surface area contributed by atoms with Gasteiger partial charge in [0.1, 0.15) is 11.6 Å². The van der Waals surface area contributed by atoms with Gasteiger partial charge in [-0.05, 0) is 48.9 Å². The minimum atomic E-state index is -0.304. The summed E-state index contributed by atoms with van der Waals surface area (Å²) in [6, 6.07) is 22.7. The number of halogens is 1. The molecule has 1 aliphatic heterocycles. The Morgan fingerprint density at radius 2 is 1.83 bits per heavy atom. The highest BCUT2D eigenvalue weighted by molar-refractivity contribution is 5.96. The molecule has 1 saturated heterocycles. The topological polar surface area (TPSA) is 38.1 Å². The summed E-state index contributed by atoms with van der Waals surface area (Å²) in [5, 5.41) is 0. The lowest BCUT2D eigenvalue weighted by Gasteiger charge is -2.17. The molecule has 1 amide bonds. The van der Waals surface area contributed by atoms with Crippen molar-refractivity contribution in [2.24, 2.45) is 0 Å². The van der Waals surface area contributed by atoms with Gasteiger partial charge in [0.05, 0.1) is 11.0 Å². The zero-order chi connectivity index (χ0) is 20.7. The molecule has 3 aromatic carbocycles. The second-order valence-electron chi connectivity index (χ2n) is 7.92. The van der Waals surface area contributed by atoms with Crippen LogP contribution in [-0.4, -0.2) is 22.0 Å². The van der Waals surface area contributed by atoms with Gasteiger partial charge in [0.2, 0.25) is 5.91 Å². The van der Waals surface area contributed by atoms with Gasteiger partial charge >= 0.3 is 0 Å². The van der Waals surface area contributed by atoms with Crippen LogP contribution in [0.15, 0.2) is 72.8 Å². The van der Waals surface area contributed by atoms with E-state index in [2.05, 4.69) is 41.8 Å². The standard InChI is InChI=1S/C25H22FN3O/c1-17-5-4-6-18(13-17)15-29-23-8-3-2-7-22(23)27-25(29)19-14-24(30)28(16-19)21-11-9-20(26)10-12-21/h2-13,19H,14-16H2,1H3/t19-/m1/s1. The third-order valence-electron chi connectivity index (χ3n) is 5.74. The van der Waals surface area contributed by atoms with Gasteiger partial charge < -0.3 is 9.47 Å². The molecule has 0 spiro atoms. The number of amides is 1. The number of hydrogen-bond donors (Lipinski definition) is 0. The van der Waals surface area contributed by atoms with E-state index in [9.17, 15) is 9.18 Å². The summed E-state index contributed by atoms with van der Waals surface area (Å²) in [5.41, 5.74) is 5.16. The molecule has 2 heterocycles. The fourth-order valence-corrected chi connectivity index (χ4v) is 4.32. The fourth-order valence-electron chi connectivity index (χ4n) is 4.32. The first kappa shape index (κ1) is 18.6. The average molecular weight is 399 g/mol. The number of nitrogens with zero attached hydrogens (tertiary/aromatic N) is 3. The number of fused-ring (bicyclic) bond motifs is 1. The number of carbonyl (C=O) groups is 1. The summed E-state index contributed by atoms with van der Waals surface area (Å²) >= 11 is 0. The van der Waals surface area contributed by atoms with E-state index < -0.39 is 0 Å². The number of hydrogen-bond acceptors (Lipinski definition) is 2. The number of carbonyl (C=O) groups excluding carboxylic acids is 1. The molecule has 0 bridgehead atoms. The summed E-state index contributed by atoms with van der Waals surface area (Å²) in [6.07, 6.45) is 0.397. The van der Waals surface area contributed by atoms with Gasteiger partial charge in [-0.15, -0.1) is 0 Å². The monoisotopic (exact) mass is 399 g/mol. The molecule has 1 atom stereocenters. The SMILES string of the molecule is Cc1cccc(Cn2c([C@@H]3CC(=O)N(c4ccc(F)cc4)C3)nc3ccccc32)c1. The van der Waals surface area contributed by atoms with Gasteiger partial charge in [-0.2, -0.15) is 0 Å². The predicted octanol–water partition coefficient (Wildman–Crippen LogP) is 5.05. The number of rotatable bonds is 4. The zero-order valence-electron chi connectivity index (χ0n) is 16.8. The molecular weight excluding hydrogens is 377 g/mol. The van der Waals surface area contributed by atoms with Gasteiger partial charge in [-0.25, -0.2) is 9.37 Å². The van der Waals surface area contributed by atoms with Crippen LogP contribution in [0.5, 0.6) is 0 Å². The molecule has 150 valence electrons. The Morgan fingerprint density at radius 1 is 1.03 bits per heavy atom. The van der Waals surface area contributed by atoms with Gasteiger partial charge in [-0.1, -0.05) is 42.0 Å². The first-order valence-electron chi connectivity index (χ1n) is 10.1. The van der Waals surface area contributed by atoms with E-state index in [4.69, 9.17) is 4.98 Å². The minimum absolute atomic E-state index is 0.0141. The van der Waals surface area contributed by atoms with Crippen LogP contribution in [0.3, 0.4) is 0 Å². The number of imidazole rings is 1. The Bertz CT molecular complexity index is 1230. The third kappa shape index (κ3) is 3.36. The lowest BCUT2D eigenvalue weighted by Crippen LogP contribution is -2.24. The van der Waals surface area contributed by atoms with E-state index in [-0.39, 0.29) is 17.6 Å². The van der Waals surface area contributed by atoms with E-state index >= 15 is 0 Å². The normalized spacial score (nSPS) is 16.5. The highest BCUT2D eigenvalue weighted by atomic mass is 19.1. The second-order valence-corrected chi connectivity index (χ2v) is 7.92. The second kappa shape index (κ2) is 7.41. The maximum atomic E-state index is 13.3. The van der Waals surface area contributed by atoms with Gasteiger partial charge in [-0.3, -0.25) is 4.79 Å². The van der Waals surface area contributed by atoms with Crippen molar-refractivity contribution in [3.8, 4) is 0 Å². The number of benzene rings is 3. The third-order valence-corrected chi connectivity index (χ3v) is 5.74. The van der Waals surface area contributed by atoms with Crippen LogP contribution in [0, 0.1) is 12.7 Å². The van der Waals surface area contributed by atoms with Crippen LogP contribution >= 0.6 is 0 Å². The fraction of sp³-hybridized carbons (Fsp3) is 0.200. The molecule has 30 heavy (non-hydrogen) atoms. The van der Waals surface area contributed by atoms with E-state index in [0.717, 1.165) is 22.5 Å². The Labute approximate surface area is 174 Å². The molecule has 0 N–H and O–H groups in total. The van der Waals surface area contributed by atoms with E-state index in [1.807, 2.05) is 18.2 Å². The van der Waals surface area contributed by atoms with E-state index in [0.29, 0.717) is 19.5 Å². The summed E-state index contributed by atoms with van der Waals surface area (Å²) in [5.74, 6) is 0.651. The lowest BCUT2D eigenvalue weighted by atomic mass is 10.1. The average Bonchev–Trinajstić information content (AvgIpc) is 3.30. The molecule has 5 heteroatoms. The van der Waals surface area contributed by atoms with Crippen molar-refractivity contribution < 1.29 is 9.18 Å². The largest absolute Gasteiger partial charge is 0.323 e. The highest BCUT2D eigenvalue weighted by Crippen LogP contribution is 2.33. The Balaban J connectivity index is 1.52. The Kier molecular flexibility index (Phi) is 4.58. The molecule has 0 radical (unpaired) electrons. The summed E-state index contributed by atoms with van der Waals surface area (Å²) < 4.78 is 15.5. The summed E-state index contributed by atoms with van der Waals surface area (Å²) in [4.78, 5) is 19.4. The first-order chi connectivity index (χ1) is 14.6. The Hall–Kier alpha value is -3.47. The van der Waals surface area contributed by atoms with Crippen molar-refractivity contribution in [2.45, 2.75) is 25.8 Å². The molecule has 4 nitrogen and oxygen atoms in total. The molecule has 1 fully saturated rings. The molecule has 5 rings (SSSR count). The van der Waals surface area contributed by atoms with Crippen LogP contribution in [0.2, 0.25) is 0 Å². The van der Waals surface area contributed by atoms with Crippen molar-refractivity contribution in [3.63, 3.8) is 0 Å². The van der Waals surface area contributed by atoms with Crippen LogP contribution in [0.4, 0.5) is 10.1 Å². The Morgan fingerprint density at radius 3 is 2.63 bits per heavy atom. The highest BCUT2D eigenvalue weighted by Gasteiger charge is 2.34. The summed E-state index contributed by atoms with van der Waals surface area (Å²) in [6.45, 7) is 3.34. The number of anilines is 1. The number of para-hydroxylation sites is 2. The van der Waals surface area contributed by atoms with Crippen LogP contribution in [0.25, 0.3) is 11.0 Å². The van der Waals surface area contributed by atoms with Crippen molar-refractivity contribution in [3.05, 3.63) is 95.6 Å². The van der Waals surface area contributed by atoms with Crippen LogP contribution in [-0.2, 0) is 11.3 Å². The molecule has 0 saturated carbocycles. The van der Waals surface area contributed by atoms with E-state index in [1.165, 1.54) is 23.3 Å². The first-order valence-corrected chi connectivity index (χ1v) is 10.1. The zero-order valence-corrected chi connectivity index (χ0v) is 16.8. The van der Waals surface area contributed by atoms with Gasteiger partial charge in [0.15, 0.2) is 0 Å². The smallest absolute Gasteiger partial charge is 0.227 e. The van der Waals surface area contributed by atoms with Crippen LogP contribution < -0.4 is 4.90 Å². The summed E-state index contributed by atoms with van der Waals surface area (Å²) in [7, 11) is 0. The van der Waals surface area contributed by atoms with Crippen molar-refractivity contribution in [1.29, 1.82) is 0 Å².